The highest BCUT2D eigenvalue weighted by Crippen LogP contribution is 2.29. The van der Waals surface area contributed by atoms with Gasteiger partial charge in [0, 0.05) is 12.5 Å². The number of hydrogen-bond donors (Lipinski definition) is 1. The van der Waals surface area contributed by atoms with Gasteiger partial charge in [-0.05, 0) is 24.6 Å². The second-order valence-electron chi connectivity index (χ2n) is 5.38. The molecule has 0 amide bonds. The number of carboxylic acids is 1. The van der Waals surface area contributed by atoms with Crippen molar-refractivity contribution < 1.29 is 9.90 Å². The number of nitrogens with zero attached hydrogens (tertiary/aromatic N) is 2. The first-order valence-corrected chi connectivity index (χ1v) is 5.96. The van der Waals surface area contributed by atoms with Gasteiger partial charge < -0.3 is 9.67 Å². The fraction of sp³-hybridized carbons (Fsp3) is 0.429. The number of imidazole rings is 1. The van der Waals surface area contributed by atoms with Crippen LogP contribution in [0.1, 0.15) is 31.7 Å². The van der Waals surface area contributed by atoms with Crippen molar-refractivity contribution in [1.29, 1.82) is 0 Å². The van der Waals surface area contributed by atoms with Gasteiger partial charge in [-0.3, -0.25) is 4.79 Å². The predicted molar refractivity (Wildman–Crippen MR) is 70.7 cm³/mol. The third-order valence-electron chi connectivity index (χ3n) is 3.48. The maximum atomic E-state index is 10.9. The fourth-order valence-electron chi connectivity index (χ4n) is 2.22. The molecule has 0 saturated carbocycles. The molecule has 0 unspecified atom stereocenters. The Hall–Kier alpha value is -1.84. The standard InChI is InChI=1S/C14H18N2O2/c1-9-15-11-7-10(5-6-12(11)16(9)4)14(2,3)8-13(17)18/h5-7H,8H2,1-4H3,(H,17,18). The van der Waals surface area contributed by atoms with Crippen LogP contribution in [0.15, 0.2) is 18.2 Å². The van der Waals surface area contributed by atoms with E-state index in [1.165, 1.54) is 0 Å². The van der Waals surface area contributed by atoms with Crippen molar-refractivity contribution in [2.24, 2.45) is 7.05 Å². The maximum absolute atomic E-state index is 10.9. The van der Waals surface area contributed by atoms with Crippen molar-refractivity contribution in [3.8, 4) is 0 Å². The highest BCUT2D eigenvalue weighted by molar-refractivity contribution is 5.77. The lowest BCUT2D eigenvalue weighted by molar-refractivity contribution is -0.138. The van der Waals surface area contributed by atoms with Crippen molar-refractivity contribution >= 4 is 17.0 Å². The highest BCUT2D eigenvalue weighted by Gasteiger charge is 2.24. The molecule has 1 heterocycles. The number of aryl methyl sites for hydroxylation is 2. The first-order valence-electron chi connectivity index (χ1n) is 5.96. The summed E-state index contributed by atoms with van der Waals surface area (Å²) < 4.78 is 2.03. The molecule has 0 atom stereocenters. The Bertz CT molecular complexity index is 612. The molecule has 2 aromatic rings. The third-order valence-corrected chi connectivity index (χ3v) is 3.48. The van der Waals surface area contributed by atoms with E-state index in [0.717, 1.165) is 22.4 Å². The minimum atomic E-state index is -0.780. The first-order chi connectivity index (χ1) is 8.31. The number of benzene rings is 1. The van der Waals surface area contributed by atoms with E-state index in [2.05, 4.69) is 4.98 Å². The zero-order valence-electron chi connectivity index (χ0n) is 11.2. The molecule has 1 aromatic carbocycles. The van der Waals surface area contributed by atoms with Crippen LogP contribution >= 0.6 is 0 Å². The van der Waals surface area contributed by atoms with Crippen molar-refractivity contribution in [3.05, 3.63) is 29.6 Å². The van der Waals surface area contributed by atoms with Crippen molar-refractivity contribution in [3.63, 3.8) is 0 Å². The summed E-state index contributed by atoms with van der Waals surface area (Å²) in [5.74, 6) is 0.176. The van der Waals surface area contributed by atoms with Gasteiger partial charge in [-0.25, -0.2) is 4.98 Å². The minimum absolute atomic E-state index is 0.115. The Morgan fingerprint density at radius 1 is 1.44 bits per heavy atom. The van der Waals surface area contributed by atoms with Gasteiger partial charge in [0.2, 0.25) is 0 Å². The molecule has 96 valence electrons. The zero-order chi connectivity index (χ0) is 13.5. The van der Waals surface area contributed by atoms with Crippen LogP contribution in [0.2, 0.25) is 0 Å². The van der Waals surface area contributed by atoms with Gasteiger partial charge in [0.15, 0.2) is 0 Å². The molecule has 18 heavy (non-hydrogen) atoms. The van der Waals surface area contributed by atoms with Gasteiger partial charge in [0.05, 0.1) is 17.5 Å². The zero-order valence-corrected chi connectivity index (χ0v) is 11.2. The Morgan fingerprint density at radius 2 is 2.11 bits per heavy atom. The highest BCUT2D eigenvalue weighted by atomic mass is 16.4. The molecule has 0 aliphatic carbocycles. The van der Waals surface area contributed by atoms with Crippen LogP contribution in [0.25, 0.3) is 11.0 Å². The molecule has 1 N–H and O–H groups in total. The Morgan fingerprint density at radius 3 is 2.72 bits per heavy atom. The molecule has 0 fully saturated rings. The van der Waals surface area contributed by atoms with Gasteiger partial charge in [0.25, 0.3) is 0 Å². The number of carbonyl (C=O) groups is 1. The predicted octanol–water partition coefficient (Wildman–Crippen LogP) is 2.63. The van der Waals surface area contributed by atoms with Crippen LogP contribution in [0.5, 0.6) is 0 Å². The molecule has 4 heteroatoms. The molecule has 0 saturated heterocycles. The third kappa shape index (κ3) is 2.10. The number of hydrogen-bond acceptors (Lipinski definition) is 2. The Labute approximate surface area is 106 Å². The Balaban J connectivity index is 2.50. The lowest BCUT2D eigenvalue weighted by atomic mass is 9.81. The number of aromatic nitrogens is 2. The average Bonchev–Trinajstić information content (AvgIpc) is 2.52. The second-order valence-corrected chi connectivity index (χ2v) is 5.38. The summed E-state index contributed by atoms with van der Waals surface area (Å²) in [4.78, 5) is 15.4. The summed E-state index contributed by atoms with van der Waals surface area (Å²) in [5.41, 5.74) is 2.62. The van der Waals surface area contributed by atoms with E-state index in [9.17, 15) is 4.79 Å². The summed E-state index contributed by atoms with van der Waals surface area (Å²) >= 11 is 0. The molecule has 2 rings (SSSR count). The minimum Gasteiger partial charge on any atom is -0.481 e. The Kier molecular flexibility index (Phi) is 2.89. The van der Waals surface area contributed by atoms with Crippen molar-refractivity contribution in [2.75, 3.05) is 0 Å². The number of aliphatic carboxylic acids is 1. The van der Waals surface area contributed by atoms with Gasteiger partial charge in [-0.15, -0.1) is 0 Å². The van der Waals surface area contributed by atoms with Crippen LogP contribution < -0.4 is 0 Å². The first kappa shape index (κ1) is 12.6. The molecule has 0 spiro atoms. The smallest absolute Gasteiger partial charge is 0.304 e. The summed E-state index contributed by atoms with van der Waals surface area (Å²) in [6.07, 6.45) is 0.115. The summed E-state index contributed by atoms with van der Waals surface area (Å²) in [5, 5.41) is 8.95. The van der Waals surface area contributed by atoms with Crippen LogP contribution in [-0.2, 0) is 17.3 Å². The van der Waals surface area contributed by atoms with E-state index < -0.39 is 5.97 Å². The SMILES string of the molecule is Cc1nc2cc(C(C)(C)CC(=O)O)ccc2n1C. The van der Waals surface area contributed by atoms with Gasteiger partial charge in [-0.1, -0.05) is 19.9 Å². The van der Waals surface area contributed by atoms with E-state index in [4.69, 9.17) is 5.11 Å². The summed E-state index contributed by atoms with van der Waals surface area (Å²) in [6.45, 7) is 5.85. The van der Waals surface area contributed by atoms with E-state index in [1.807, 2.05) is 50.6 Å². The van der Waals surface area contributed by atoms with Gasteiger partial charge in [0.1, 0.15) is 5.82 Å². The lowest BCUT2D eigenvalue weighted by Gasteiger charge is -2.22. The van der Waals surface area contributed by atoms with Gasteiger partial charge >= 0.3 is 5.97 Å². The summed E-state index contributed by atoms with van der Waals surface area (Å²) in [7, 11) is 1.98. The van der Waals surface area contributed by atoms with E-state index >= 15 is 0 Å². The van der Waals surface area contributed by atoms with E-state index in [1.54, 1.807) is 0 Å². The van der Waals surface area contributed by atoms with Crippen LogP contribution in [-0.4, -0.2) is 20.6 Å². The van der Waals surface area contributed by atoms with Crippen LogP contribution in [0, 0.1) is 6.92 Å². The van der Waals surface area contributed by atoms with Crippen molar-refractivity contribution in [2.45, 2.75) is 32.6 Å². The molecule has 0 aliphatic rings. The quantitative estimate of drug-likeness (QED) is 0.905. The molecule has 1 aromatic heterocycles. The van der Waals surface area contributed by atoms with E-state index in [-0.39, 0.29) is 11.8 Å². The molecule has 0 bridgehead atoms. The maximum Gasteiger partial charge on any atom is 0.304 e. The average molecular weight is 246 g/mol. The van der Waals surface area contributed by atoms with Crippen LogP contribution in [0.3, 0.4) is 0 Å². The number of carboxylic acid groups (broad SMARTS) is 1. The molecular weight excluding hydrogens is 228 g/mol. The number of fused-ring (bicyclic) bond motifs is 1. The van der Waals surface area contributed by atoms with Gasteiger partial charge in [-0.2, -0.15) is 0 Å². The largest absolute Gasteiger partial charge is 0.481 e. The monoisotopic (exact) mass is 246 g/mol. The molecular formula is C14H18N2O2. The molecule has 0 aliphatic heterocycles. The fourth-order valence-corrected chi connectivity index (χ4v) is 2.22. The topological polar surface area (TPSA) is 55.1 Å². The number of rotatable bonds is 3. The molecule has 0 radical (unpaired) electrons. The van der Waals surface area contributed by atoms with Crippen molar-refractivity contribution in [1.82, 2.24) is 9.55 Å². The summed E-state index contributed by atoms with van der Waals surface area (Å²) in [6, 6.07) is 5.99. The second kappa shape index (κ2) is 4.12. The van der Waals surface area contributed by atoms with Crippen LogP contribution in [0.4, 0.5) is 0 Å². The normalized spacial score (nSPS) is 12.0. The molecule has 4 nitrogen and oxygen atoms in total. The van der Waals surface area contributed by atoms with E-state index in [0.29, 0.717) is 0 Å². The lowest BCUT2D eigenvalue weighted by Crippen LogP contribution is -2.21.